The number of benzene rings is 1. The molecule has 22 heavy (non-hydrogen) atoms. The molecule has 0 aromatic heterocycles. The quantitative estimate of drug-likeness (QED) is 0.777. The first-order valence-electron chi connectivity index (χ1n) is 7.14. The molecule has 0 spiro atoms. The van der Waals surface area contributed by atoms with Crippen LogP contribution in [0.25, 0.3) is 0 Å². The molecule has 0 aliphatic carbocycles. The molecule has 6 nitrogen and oxygen atoms in total. The van der Waals surface area contributed by atoms with Gasteiger partial charge in [0.15, 0.2) is 16.6 Å². The fourth-order valence-electron chi connectivity index (χ4n) is 2.34. The molecule has 1 saturated heterocycles. The van der Waals surface area contributed by atoms with Crippen LogP contribution in [0.2, 0.25) is 0 Å². The zero-order chi connectivity index (χ0) is 15.9. The molecule has 0 unspecified atom stereocenters. The van der Waals surface area contributed by atoms with Crippen molar-refractivity contribution < 1.29 is 18.9 Å². The van der Waals surface area contributed by atoms with Crippen LogP contribution in [0.3, 0.4) is 0 Å². The minimum absolute atomic E-state index is 0.236. The summed E-state index contributed by atoms with van der Waals surface area (Å²) in [7, 11) is 4.73. The number of rotatable bonds is 6. The maximum Gasteiger partial charge on any atom is 0.203 e. The van der Waals surface area contributed by atoms with E-state index in [0.717, 1.165) is 25.1 Å². The van der Waals surface area contributed by atoms with E-state index < -0.39 is 0 Å². The van der Waals surface area contributed by atoms with Gasteiger partial charge in [-0.05, 0) is 25.1 Å². The Morgan fingerprint density at radius 1 is 1.23 bits per heavy atom. The average molecular weight is 326 g/mol. The van der Waals surface area contributed by atoms with Gasteiger partial charge in [-0.1, -0.05) is 0 Å². The SMILES string of the molecule is COc1cc(NC(=S)NC[C@@H]2CCCO2)cc(OC)c1OC. The van der Waals surface area contributed by atoms with Crippen LogP contribution in [0.15, 0.2) is 12.1 Å². The molecule has 2 N–H and O–H groups in total. The van der Waals surface area contributed by atoms with Gasteiger partial charge in [0, 0.05) is 31.0 Å². The van der Waals surface area contributed by atoms with Crippen molar-refractivity contribution in [1.29, 1.82) is 0 Å². The van der Waals surface area contributed by atoms with E-state index in [9.17, 15) is 0 Å². The molecule has 1 aliphatic rings. The maximum absolute atomic E-state index is 5.55. The van der Waals surface area contributed by atoms with Gasteiger partial charge in [-0.2, -0.15) is 0 Å². The average Bonchev–Trinajstić information content (AvgIpc) is 3.05. The van der Waals surface area contributed by atoms with Crippen molar-refractivity contribution >= 4 is 23.0 Å². The monoisotopic (exact) mass is 326 g/mol. The highest BCUT2D eigenvalue weighted by Gasteiger charge is 2.16. The summed E-state index contributed by atoms with van der Waals surface area (Å²) in [6.45, 7) is 1.54. The third-order valence-electron chi connectivity index (χ3n) is 3.44. The lowest BCUT2D eigenvalue weighted by molar-refractivity contribution is 0.114. The van der Waals surface area contributed by atoms with E-state index in [0.29, 0.717) is 28.9 Å². The number of ether oxygens (including phenoxy) is 4. The maximum atomic E-state index is 5.55. The molecule has 1 aromatic carbocycles. The lowest BCUT2D eigenvalue weighted by atomic mass is 10.2. The van der Waals surface area contributed by atoms with E-state index in [1.54, 1.807) is 33.5 Å². The highest BCUT2D eigenvalue weighted by atomic mass is 32.1. The molecule has 0 saturated carbocycles. The van der Waals surface area contributed by atoms with Crippen LogP contribution in [-0.2, 0) is 4.74 Å². The molecular formula is C15H22N2O4S. The largest absolute Gasteiger partial charge is 0.493 e. The summed E-state index contributed by atoms with van der Waals surface area (Å²) in [5, 5.41) is 6.81. The zero-order valence-corrected chi connectivity index (χ0v) is 13.9. The van der Waals surface area contributed by atoms with Crippen LogP contribution in [0.5, 0.6) is 17.2 Å². The number of hydrogen-bond donors (Lipinski definition) is 2. The number of nitrogens with one attached hydrogen (secondary N) is 2. The number of methoxy groups -OCH3 is 3. The van der Waals surface area contributed by atoms with Crippen molar-refractivity contribution in [2.45, 2.75) is 18.9 Å². The summed E-state index contributed by atoms with van der Waals surface area (Å²) in [5.41, 5.74) is 0.763. The first-order valence-corrected chi connectivity index (χ1v) is 7.55. The number of hydrogen-bond acceptors (Lipinski definition) is 5. The summed E-state index contributed by atoms with van der Waals surface area (Å²) >= 11 is 5.30. The van der Waals surface area contributed by atoms with Crippen molar-refractivity contribution in [3.8, 4) is 17.2 Å². The fourth-order valence-corrected chi connectivity index (χ4v) is 2.54. The Morgan fingerprint density at radius 3 is 2.41 bits per heavy atom. The molecule has 7 heteroatoms. The van der Waals surface area contributed by atoms with Gasteiger partial charge in [0.05, 0.1) is 27.4 Å². The molecule has 1 heterocycles. The van der Waals surface area contributed by atoms with Crippen molar-refractivity contribution in [2.24, 2.45) is 0 Å². The van der Waals surface area contributed by atoms with Gasteiger partial charge < -0.3 is 29.6 Å². The van der Waals surface area contributed by atoms with Crippen LogP contribution in [0.4, 0.5) is 5.69 Å². The van der Waals surface area contributed by atoms with Crippen molar-refractivity contribution in [3.63, 3.8) is 0 Å². The van der Waals surface area contributed by atoms with E-state index in [-0.39, 0.29) is 6.10 Å². The van der Waals surface area contributed by atoms with Gasteiger partial charge >= 0.3 is 0 Å². The molecule has 1 fully saturated rings. The molecule has 1 aromatic rings. The second kappa shape index (κ2) is 8.05. The Kier molecular flexibility index (Phi) is 6.09. The third-order valence-corrected chi connectivity index (χ3v) is 3.68. The summed E-state index contributed by atoms with van der Waals surface area (Å²) in [6, 6.07) is 3.61. The standard InChI is InChI=1S/C15H22N2O4S/c1-18-12-7-10(8-13(19-2)14(12)20-3)17-15(22)16-9-11-5-4-6-21-11/h7-8,11H,4-6,9H2,1-3H3,(H2,16,17,22)/t11-/m0/s1. The second-order valence-electron chi connectivity index (χ2n) is 4.88. The van der Waals surface area contributed by atoms with Crippen LogP contribution in [-0.4, -0.2) is 45.7 Å². The highest BCUT2D eigenvalue weighted by Crippen LogP contribution is 2.39. The Bertz CT molecular complexity index is 493. The Balaban J connectivity index is 2.00. The van der Waals surface area contributed by atoms with Crippen LogP contribution < -0.4 is 24.8 Å². The van der Waals surface area contributed by atoms with Crippen molar-refractivity contribution in [3.05, 3.63) is 12.1 Å². The Labute approximate surface area is 136 Å². The predicted molar refractivity (Wildman–Crippen MR) is 89.3 cm³/mol. The molecule has 0 amide bonds. The van der Waals surface area contributed by atoms with Gasteiger partial charge in [0.1, 0.15) is 0 Å². The van der Waals surface area contributed by atoms with E-state index in [4.69, 9.17) is 31.2 Å². The van der Waals surface area contributed by atoms with E-state index >= 15 is 0 Å². The second-order valence-corrected chi connectivity index (χ2v) is 5.29. The summed E-state index contributed by atoms with van der Waals surface area (Å²) in [4.78, 5) is 0. The van der Waals surface area contributed by atoms with Crippen LogP contribution in [0, 0.1) is 0 Å². The minimum atomic E-state index is 0.236. The predicted octanol–water partition coefficient (Wildman–Crippen LogP) is 2.18. The Morgan fingerprint density at radius 2 is 1.91 bits per heavy atom. The number of thiocarbonyl (C=S) groups is 1. The fraction of sp³-hybridized carbons (Fsp3) is 0.533. The highest BCUT2D eigenvalue weighted by molar-refractivity contribution is 7.80. The number of anilines is 1. The lowest BCUT2D eigenvalue weighted by Crippen LogP contribution is -2.34. The Hall–Kier alpha value is -1.73. The molecule has 2 rings (SSSR count). The van der Waals surface area contributed by atoms with Crippen LogP contribution in [0.1, 0.15) is 12.8 Å². The smallest absolute Gasteiger partial charge is 0.203 e. The molecule has 1 aliphatic heterocycles. The molecule has 0 radical (unpaired) electrons. The van der Waals surface area contributed by atoms with Gasteiger partial charge in [-0.25, -0.2) is 0 Å². The zero-order valence-electron chi connectivity index (χ0n) is 13.1. The van der Waals surface area contributed by atoms with Crippen LogP contribution >= 0.6 is 12.2 Å². The first kappa shape index (κ1) is 16.6. The van der Waals surface area contributed by atoms with Gasteiger partial charge in [0.2, 0.25) is 5.75 Å². The molecule has 122 valence electrons. The van der Waals surface area contributed by atoms with Crippen molar-refractivity contribution in [1.82, 2.24) is 5.32 Å². The van der Waals surface area contributed by atoms with Gasteiger partial charge in [0.25, 0.3) is 0 Å². The van der Waals surface area contributed by atoms with Gasteiger partial charge in [-0.3, -0.25) is 0 Å². The molecular weight excluding hydrogens is 304 g/mol. The van der Waals surface area contributed by atoms with Gasteiger partial charge in [-0.15, -0.1) is 0 Å². The van der Waals surface area contributed by atoms with E-state index in [1.807, 2.05) is 0 Å². The van der Waals surface area contributed by atoms with E-state index in [2.05, 4.69) is 10.6 Å². The topological polar surface area (TPSA) is 61.0 Å². The van der Waals surface area contributed by atoms with Crippen molar-refractivity contribution in [2.75, 3.05) is 39.8 Å². The summed E-state index contributed by atoms with van der Waals surface area (Å²) in [6.07, 6.45) is 2.42. The minimum Gasteiger partial charge on any atom is -0.493 e. The third kappa shape index (κ3) is 4.14. The molecule has 1 atom stereocenters. The van der Waals surface area contributed by atoms with E-state index in [1.165, 1.54) is 0 Å². The summed E-state index contributed by atoms with van der Waals surface area (Å²) in [5.74, 6) is 1.70. The lowest BCUT2D eigenvalue weighted by Gasteiger charge is -2.17. The molecule has 0 bridgehead atoms. The first-order chi connectivity index (χ1) is 10.7. The normalized spacial score (nSPS) is 17.0. The summed E-state index contributed by atoms with van der Waals surface area (Å²) < 4.78 is 21.5.